The van der Waals surface area contributed by atoms with Gasteiger partial charge in [0, 0.05) is 10.9 Å². The van der Waals surface area contributed by atoms with Crippen LogP contribution in [0.25, 0.3) is 22.2 Å². The molecule has 0 saturated carbocycles. The Morgan fingerprint density at radius 3 is 2.21 bits per heavy atom. The quantitative estimate of drug-likeness (QED) is 0.579. The summed E-state index contributed by atoms with van der Waals surface area (Å²) < 4.78 is 1.33. The molecule has 1 N–H and O–H groups in total. The van der Waals surface area contributed by atoms with E-state index in [0.717, 1.165) is 5.56 Å². The van der Waals surface area contributed by atoms with E-state index in [2.05, 4.69) is 20.4 Å². The number of anilines is 1. The molecule has 0 aliphatic rings. The van der Waals surface area contributed by atoms with E-state index in [-0.39, 0.29) is 17.3 Å². The summed E-state index contributed by atoms with van der Waals surface area (Å²) in [6, 6.07) is 16.4. The average Bonchev–Trinajstić information content (AvgIpc) is 2.75. The first kappa shape index (κ1) is 18.5. The van der Waals surface area contributed by atoms with Gasteiger partial charge in [-0.3, -0.25) is 9.59 Å². The van der Waals surface area contributed by atoms with Crippen LogP contribution in [0.15, 0.2) is 71.8 Å². The van der Waals surface area contributed by atoms with E-state index in [9.17, 15) is 9.59 Å². The predicted molar refractivity (Wildman–Crippen MR) is 112 cm³/mol. The summed E-state index contributed by atoms with van der Waals surface area (Å²) in [6.07, 6.45) is 3.10. The Kier molecular flexibility index (Phi) is 4.87. The van der Waals surface area contributed by atoms with Gasteiger partial charge >= 0.3 is 0 Å². The largest absolute Gasteiger partial charge is 0.318 e. The zero-order valence-electron chi connectivity index (χ0n) is 16.0. The second kappa shape index (κ2) is 7.63. The van der Waals surface area contributed by atoms with E-state index < -0.39 is 5.91 Å². The van der Waals surface area contributed by atoms with Gasteiger partial charge < -0.3 is 5.32 Å². The molecule has 0 atom stereocenters. The third-order valence-electron chi connectivity index (χ3n) is 4.47. The van der Waals surface area contributed by atoms with E-state index in [1.807, 2.05) is 44.2 Å². The van der Waals surface area contributed by atoms with Gasteiger partial charge in [0.2, 0.25) is 0 Å². The molecule has 0 radical (unpaired) electrons. The highest BCUT2D eigenvalue weighted by Gasteiger charge is 2.18. The van der Waals surface area contributed by atoms with Gasteiger partial charge in [-0.05, 0) is 19.9 Å². The van der Waals surface area contributed by atoms with Crippen molar-refractivity contribution in [2.45, 2.75) is 19.9 Å². The molecule has 7 heteroatoms. The number of nitrogens with one attached hydrogen (secondary N) is 1. The van der Waals surface area contributed by atoms with E-state index in [1.165, 1.54) is 4.68 Å². The summed E-state index contributed by atoms with van der Waals surface area (Å²) in [4.78, 5) is 34.2. The van der Waals surface area contributed by atoms with Gasteiger partial charge in [-0.25, -0.2) is 14.6 Å². The number of hydrogen-bond donors (Lipinski definition) is 1. The Morgan fingerprint density at radius 2 is 1.55 bits per heavy atom. The first-order chi connectivity index (χ1) is 14.0. The van der Waals surface area contributed by atoms with Gasteiger partial charge in [0.25, 0.3) is 11.5 Å². The second-order valence-corrected chi connectivity index (χ2v) is 6.85. The van der Waals surface area contributed by atoms with E-state index in [0.29, 0.717) is 22.3 Å². The fourth-order valence-electron chi connectivity index (χ4n) is 3.04. The van der Waals surface area contributed by atoms with Crippen LogP contribution >= 0.6 is 0 Å². The van der Waals surface area contributed by atoms with Crippen LogP contribution in [-0.4, -0.2) is 25.7 Å². The summed E-state index contributed by atoms with van der Waals surface area (Å²) >= 11 is 0. The van der Waals surface area contributed by atoms with Crippen molar-refractivity contribution in [3.63, 3.8) is 0 Å². The van der Waals surface area contributed by atoms with Gasteiger partial charge in [0.1, 0.15) is 0 Å². The molecule has 4 aromatic rings. The van der Waals surface area contributed by atoms with Gasteiger partial charge in [-0.2, -0.15) is 5.10 Å². The van der Waals surface area contributed by atoms with Crippen molar-refractivity contribution in [1.82, 2.24) is 19.7 Å². The first-order valence-corrected chi connectivity index (χ1v) is 9.25. The van der Waals surface area contributed by atoms with Crippen molar-refractivity contribution in [3.05, 3.63) is 83.0 Å². The molecule has 7 nitrogen and oxygen atoms in total. The Labute approximate surface area is 167 Å². The summed E-state index contributed by atoms with van der Waals surface area (Å²) in [6.45, 7) is 3.70. The number of carbonyl (C=O) groups is 1. The van der Waals surface area contributed by atoms with Crippen LogP contribution in [0.1, 0.15) is 30.4 Å². The lowest BCUT2D eigenvalue weighted by Crippen LogP contribution is -2.29. The molecule has 2 aromatic heterocycles. The lowest BCUT2D eigenvalue weighted by molar-refractivity contribution is 0.102. The van der Waals surface area contributed by atoms with E-state index in [1.54, 1.807) is 36.7 Å². The van der Waals surface area contributed by atoms with Gasteiger partial charge in [-0.15, -0.1) is 0 Å². The highest BCUT2D eigenvalue weighted by molar-refractivity contribution is 6.11. The SMILES string of the molecule is CC(C)n1nc(C(=O)Nc2cnc(-c3ccccc3)nc2)c2ccccc2c1=O. The van der Waals surface area contributed by atoms with Crippen molar-refractivity contribution in [1.29, 1.82) is 0 Å². The smallest absolute Gasteiger partial charge is 0.276 e. The minimum Gasteiger partial charge on any atom is -0.318 e. The maximum absolute atomic E-state index is 12.9. The van der Waals surface area contributed by atoms with Gasteiger partial charge in [-0.1, -0.05) is 48.5 Å². The minimum atomic E-state index is -0.424. The van der Waals surface area contributed by atoms with Crippen LogP contribution in [0, 0.1) is 0 Å². The Bertz CT molecular complexity index is 1230. The van der Waals surface area contributed by atoms with Gasteiger partial charge in [0.15, 0.2) is 11.5 Å². The van der Waals surface area contributed by atoms with Crippen molar-refractivity contribution < 1.29 is 4.79 Å². The molecular formula is C22H19N5O2. The third-order valence-corrected chi connectivity index (χ3v) is 4.47. The summed E-state index contributed by atoms with van der Waals surface area (Å²) in [7, 11) is 0. The molecule has 4 rings (SSSR count). The topological polar surface area (TPSA) is 89.8 Å². The molecule has 2 heterocycles. The fourth-order valence-corrected chi connectivity index (χ4v) is 3.04. The molecule has 0 spiro atoms. The Balaban J connectivity index is 1.68. The number of fused-ring (bicyclic) bond motifs is 1. The maximum atomic E-state index is 12.9. The molecule has 2 aromatic carbocycles. The summed E-state index contributed by atoms with van der Waals surface area (Å²) in [5.41, 5.74) is 1.30. The number of rotatable bonds is 4. The Hall–Kier alpha value is -3.87. The lowest BCUT2D eigenvalue weighted by Gasteiger charge is -2.13. The number of nitrogens with zero attached hydrogens (tertiary/aromatic N) is 4. The van der Waals surface area contributed by atoms with E-state index in [4.69, 9.17) is 0 Å². The molecule has 0 aliphatic heterocycles. The summed E-state index contributed by atoms with van der Waals surface area (Å²) in [5, 5.41) is 8.05. The molecule has 0 unspecified atom stereocenters. The number of carbonyl (C=O) groups excluding carboxylic acids is 1. The minimum absolute atomic E-state index is 0.174. The molecule has 29 heavy (non-hydrogen) atoms. The molecule has 1 amide bonds. The molecule has 144 valence electrons. The highest BCUT2D eigenvalue weighted by atomic mass is 16.2. The van der Waals surface area contributed by atoms with Crippen LogP contribution in [0.2, 0.25) is 0 Å². The van der Waals surface area contributed by atoms with Crippen molar-refractivity contribution in [2.24, 2.45) is 0 Å². The molecule has 0 saturated heterocycles. The summed E-state index contributed by atoms with van der Waals surface area (Å²) in [5.74, 6) is 0.146. The molecular weight excluding hydrogens is 366 g/mol. The standard InChI is InChI=1S/C22H19N5O2/c1-14(2)27-22(29)18-11-7-6-10-17(18)19(26-27)21(28)25-16-12-23-20(24-13-16)15-8-4-3-5-9-15/h3-14H,1-2H3,(H,25,28). The molecule has 0 bridgehead atoms. The number of benzene rings is 2. The van der Waals surface area contributed by atoms with Crippen LogP contribution in [0.3, 0.4) is 0 Å². The lowest BCUT2D eigenvalue weighted by atomic mass is 10.1. The van der Waals surface area contributed by atoms with Crippen LogP contribution in [-0.2, 0) is 0 Å². The van der Waals surface area contributed by atoms with Crippen LogP contribution in [0.5, 0.6) is 0 Å². The zero-order chi connectivity index (χ0) is 20.4. The maximum Gasteiger partial charge on any atom is 0.276 e. The normalized spacial score (nSPS) is 11.0. The average molecular weight is 385 g/mol. The monoisotopic (exact) mass is 385 g/mol. The number of amides is 1. The van der Waals surface area contributed by atoms with Crippen LogP contribution in [0.4, 0.5) is 5.69 Å². The number of aromatic nitrogens is 4. The molecule has 0 aliphatic carbocycles. The zero-order valence-corrected chi connectivity index (χ0v) is 16.0. The fraction of sp³-hybridized carbons (Fsp3) is 0.136. The second-order valence-electron chi connectivity index (χ2n) is 6.85. The first-order valence-electron chi connectivity index (χ1n) is 9.25. The van der Waals surface area contributed by atoms with Crippen molar-refractivity contribution in [2.75, 3.05) is 5.32 Å². The van der Waals surface area contributed by atoms with Crippen LogP contribution < -0.4 is 10.9 Å². The predicted octanol–water partition coefficient (Wildman–Crippen LogP) is 3.69. The highest BCUT2D eigenvalue weighted by Crippen LogP contribution is 2.18. The number of hydrogen-bond acceptors (Lipinski definition) is 5. The van der Waals surface area contributed by atoms with Crippen molar-refractivity contribution in [3.8, 4) is 11.4 Å². The van der Waals surface area contributed by atoms with E-state index >= 15 is 0 Å². The third kappa shape index (κ3) is 3.62. The Morgan fingerprint density at radius 1 is 0.931 bits per heavy atom. The van der Waals surface area contributed by atoms with Gasteiger partial charge in [0.05, 0.1) is 29.5 Å². The molecule has 0 fully saturated rings. The van der Waals surface area contributed by atoms with Crippen molar-refractivity contribution >= 4 is 22.4 Å².